The van der Waals surface area contributed by atoms with E-state index in [0.717, 1.165) is 0 Å². The van der Waals surface area contributed by atoms with Crippen molar-refractivity contribution in [2.45, 2.75) is 25.9 Å². The van der Waals surface area contributed by atoms with Crippen LogP contribution in [-0.2, 0) is 9.53 Å². The molecule has 0 aromatic heterocycles. The Morgan fingerprint density at radius 1 is 1.58 bits per heavy atom. The molecular formula is C8H17NO3. The van der Waals surface area contributed by atoms with Crippen molar-refractivity contribution in [1.29, 1.82) is 0 Å². The largest absolute Gasteiger partial charge is 0.396 e. The molecule has 72 valence electrons. The van der Waals surface area contributed by atoms with Gasteiger partial charge in [0.1, 0.15) is 5.60 Å². The fourth-order valence-corrected chi connectivity index (χ4v) is 0.587. The Labute approximate surface area is 72.9 Å². The number of hydrogen-bond acceptors (Lipinski definition) is 3. The molecule has 4 nitrogen and oxygen atoms in total. The molecule has 0 aliphatic rings. The second kappa shape index (κ2) is 5.11. The summed E-state index contributed by atoms with van der Waals surface area (Å²) < 4.78 is 4.96. The van der Waals surface area contributed by atoms with Gasteiger partial charge in [0.2, 0.25) is 0 Å². The molecule has 4 heteroatoms. The Morgan fingerprint density at radius 2 is 2.17 bits per heavy atom. The molecule has 0 aliphatic carbocycles. The molecule has 12 heavy (non-hydrogen) atoms. The van der Waals surface area contributed by atoms with Crippen molar-refractivity contribution in [1.82, 2.24) is 5.32 Å². The molecule has 0 aromatic rings. The summed E-state index contributed by atoms with van der Waals surface area (Å²) in [4.78, 5) is 11.3. The summed E-state index contributed by atoms with van der Waals surface area (Å²) in [6, 6.07) is 0. The van der Waals surface area contributed by atoms with E-state index in [-0.39, 0.29) is 12.5 Å². The maximum atomic E-state index is 11.3. The van der Waals surface area contributed by atoms with Gasteiger partial charge in [-0.2, -0.15) is 0 Å². The second-order valence-corrected chi connectivity index (χ2v) is 3.05. The number of methoxy groups -OCH3 is 1. The van der Waals surface area contributed by atoms with Gasteiger partial charge in [0.15, 0.2) is 0 Å². The van der Waals surface area contributed by atoms with E-state index >= 15 is 0 Å². The van der Waals surface area contributed by atoms with Crippen LogP contribution in [0.4, 0.5) is 0 Å². The number of hydrogen-bond donors (Lipinski definition) is 2. The minimum atomic E-state index is -0.782. The van der Waals surface area contributed by atoms with Gasteiger partial charge in [-0.15, -0.1) is 0 Å². The highest BCUT2D eigenvalue weighted by atomic mass is 16.5. The zero-order chi connectivity index (χ0) is 9.61. The molecule has 0 rings (SSSR count). The van der Waals surface area contributed by atoms with Crippen LogP contribution in [0, 0.1) is 0 Å². The van der Waals surface area contributed by atoms with Gasteiger partial charge in [0, 0.05) is 20.3 Å². The summed E-state index contributed by atoms with van der Waals surface area (Å²) in [5, 5.41) is 11.1. The highest BCUT2D eigenvalue weighted by molar-refractivity contribution is 5.84. The number of nitrogens with one attached hydrogen (secondary N) is 1. The van der Waals surface area contributed by atoms with E-state index in [1.807, 2.05) is 0 Å². The van der Waals surface area contributed by atoms with E-state index in [0.29, 0.717) is 13.0 Å². The zero-order valence-corrected chi connectivity index (χ0v) is 7.89. The zero-order valence-electron chi connectivity index (χ0n) is 7.89. The smallest absolute Gasteiger partial charge is 0.251 e. The summed E-state index contributed by atoms with van der Waals surface area (Å²) in [6.07, 6.45) is 0.575. The van der Waals surface area contributed by atoms with Crippen LogP contribution in [-0.4, -0.2) is 36.9 Å². The van der Waals surface area contributed by atoms with Crippen LogP contribution in [0.15, 0.2) is 0 Å². The summed E-state index contributed by atoms with van der Waals surface area (Å²) in [7, 11) is 1.49. The molecular weight excluding hydrogens is 158 g/mol. The monoisotopic (exact) mass is 175 g/mol. The topological polar surface area (TPSA) is 58.6 Å². The Hall–Kier alpha value is -0.610. The van der Waals surface area contributed by atoms with Gasteiger partial charge < -0.3 is 15.2 Å². The molecule has 0 heterocycles. The maximum Gasteiger partial charge on any atom is 0.251 e. The van der Waals surface area contributed by atoms with E-state index < -0.39 is 5.60 Å². The predicted molar refractivity (Wildman–Crippen MR) is 45.8 cm³/mol. The van der Waals surface area contributed by atoms with Crippen LogP contribution in [0.3, 0.4) is 0 Å². The van der Waals surface area contributed by atoms with Crippen LogP contribution < -0.4 is 5.32 Å². The van der Waals surface area contributed by atoms with Gasteiger partial charge in [0.05, 0.1) is 0 Å². The number of carbonyl (C=O) groups is 1. The van der Waals surface area contributed by atoms with E-state index in [4.69, 9.17) is 9.84 Å². The molecule has 0 fully saturated rings. The van der Waals surface area contributed by atoms with Crippen molar-refractivity contribution in [2.24, 2.45) is 0 Å². The predicted octanol–water partition coefficient (Wildman–Crippen LogP) is -0.0900. The molecule has 0 spiro atoms. The first-order valence-electron chi connectivity index (χ1n) is 3.99. The molecule has 0 saturated heterocycles. The molecule has 0 aromatic carbocycles. The summed E-state index contributed by atoms with van der Waals surface area (Å²) in [6.45, 7) is 3.97. The van der Waals surface area contributed by atoms with E-state index in [2.05, 4.69) is 5.32 Å². The standard InChI is InChI=1S/C8H17NO3/c1-8(2,12-3)7(11)9-5-4-6-10/h10H,4-6H2,1-3H3,(H,9,11). The van der Waals surface area contributed by atoms with Gasteiger partial charge in [-0.25, -0.2) is 0 Å². The lowest BCUT2D eigenvalue weighted by atomic mass is 10.1. The Bertz CT molecular complexity index is 145. The second-order valence-electron chi connectivity index (χ2n) is 3.05. The number of aliphatic hydroxyl groups is 1. The number of amides is 1. The van der Waals surface area contributed by atoms with Crippen molar-refractivity contribution in [3.63, 3.8) is 0 Å². The first-order chi connectivity index (χ1) is 5.54. The Morgan fingerprint density at radius 3 is 2.58 bits per heavy atom. The lowest BCUT2D eigenvalue weighted by Gasteiger charge is -2.21. The third-order valence-electron chi connectivity index (χ3n) is 1.68. The van der Waals surface area contributed by atoms with Crippen LogP contribution in [0.25, 0.3) is 0 Å². The molecule has 0 atom stereocenters. The van der Waals surface area contributed by atoms with Crippen LogP contribution in [0.2, 0.25) is 0 Å². The normalized spacial score (nSPS) is 11.3. The van der Waals surface area contributed by atoms with E-state index in [1.165, 1.54) is 7.11 Å². The first kappa shape index (κ1) is 11.4. The van der Waals surface area contributed by atoms with Gasteiger partial charge in [-0.05, 0) is 20.3 Å². The average molecular weight is 175 g/mol. The molecule has 0 saturated carbocycles. The van der Waals surface area contributed by atoms with Crippen molar-refractivity contribution >= 4 is 5.91 Å². The Balaban J connectivity index is 3.72. The molecule has 2 N–H and O–H groups in total. The molecule has 1 amide bonds. The minimum Gasteiger partial charge on any atom is -0.396 e. The third-order valence-corrected chi connectivity index (χ3v) is 1.68. The quantitative estimate of drug-likeness (QED) is 0.574. The van der Waals surface area contributed by atoms with E-state index in [1.54, 1.807) is 13.8 Å². The van der Waals surface area contributed by atoms with Crippen molar-refractivity contribution in [3.05, 3.63) is 0 Å². The number of aliphatic hydroxyl groups excluding tert-OH is 1. The number of ether oxygens (including phenoxy) is 1. The molecule has 0 unspecified atom stereocenters. The van der Waals surface area contributed by atoms with Gasteiger partial charge in [0.25, 0.3) is 5.91 Å². The molecule has 0 aliphatic heterocycles. The van der Waals surface area contributed by atoms with Crippen molar-refractivity contribution in [3.8, 4) is 0 Å². The van der Waals surface area contributed by atoms with Crippen LogP contribution >= 0.6 is 0 Å². The molecule has 0 bridgehead atoms. The van der Waals surface area contributed by atoms with Gasteiger partial charge >= 0.3 is 0 Å². The average Bonchev–Trinajstić information content (AvgIpc) is 2.05. The fourth-order valence-electron chi connectivity index (χ4n) is 0.587. The third kappa shape index (κ3) is 3.69. The molecule has 0 radical (unpaired) electrons. The van der Waals surface area contributed by atoms with Crippen LogP contribution in [0.1, 0.15) is 20.3 Å². The van der Waals surface area contributed by atoms with Gasteiger partial charge in [-0.1, -0.05) is 0 Å². The van der Waals surface area contributed by atoms with Crippen molar-refractivity contribution < 1.29 is 14.6 Å². The number of carbonyl (C=O) groups excluding carboxylic acids is 1. The summed E-state index contributed by atoms with van der Waals surface area (Å²) >= 11 is 0. The highest BCUT2D eigenvalue weighted by Gasteiger charge is 2.25. The lowest BCUT2D eigenvalue weighted by Crippen LogP contribution is -2.43. The van der Waals surface area contributed by atoms with Crippen molar-refractivity contribution in [2.75, 3.05) is 20.3 Å². The fraction of sp³-hybridized carbons (Fsp3) is 0.875. The number of rotatable bonds is 5. The van der Waals surface area contributed by atoms with Crippen LogP contribution in [0.5, 0.6) is 0 Å². The summed E-state index contributed by atoms with van der Waals surface area (Å²) in [5.41, 5.74) is -0.782. The van der Waals surface area contributed by atoms with E-state index in [9.17, 15) is 4.79 Å². The highest BCUT2D eigenvalue weighted by Crippen LogP contribution is 2.06. The lowest BCUT2D eigenvalue weighted by molar-refractivity contribution is -0.139. The SMILES string of the molecule is COC(C)(C)C(=O)NCCCO. The Kier molecular flexibility index (Phi) is 4.85. The minimum absolute atomic E-state index is 0.0910. The summed E-state index contributed by atoms with van der Waals surface area (Å²) in [5.74, 6) is -0.154. The first-order valence-corrected chi connectivity index (χ1v) is 3.99. The van der Waals surface area contributed by atoms with Gasteiger partial charge in [-0.3, -0.25) is 4.79 Å². The maximum absolute atomic E-state index is 11.3.